The summed E-state index contributed by atoms with van der Waals surface area (Å²) in [5.74, 6) is -0.0163. The van der Waals surface area contributed by atoms with Gasteiger partial charge in [0.2, 0.25) is 10.0 Å². The molecule has 1 aromatic carbocycles. The standard InChI is InChI=1S/C14H18ClNO4S/c1-9-3-2-4-11(7-9)20-14(17)10-5-6-12(15)13(8-10)21(16,18)19/h5-6,8-9,11H,2-4,7H2,1H3,(H2,16,18,19). The Labute approximate surface area is 129 Å². The molecule has 0 saturated heterocycles. The molecule has 5 nitrogen and oxygen atoms in total. The summed E-state index contributed by atoms with van der Waals surface area (Å²) in [6.45, 7) is 2.13. The van der Waals surface area contributed by atoms with E-state index in [-0.39, 0.29) is 21.6 Å². The second-order valence-electron chi connectivity index (χ2n) is 5.49. The maximum absolute atomic E-state index is 12.1. The van der Waals surface area contributed by atoms with Gasteiger partial charge in [0.15, 0.2) is 0 Å². The second kappa shape index (κ2) is 6.34. The first-order valence-corrected chi connectivity index (χ1v) is 8.73. The van der Waals surface area contributed by atoms with Crippen LogP contribution in [0.2, 0.25) is 5.02 Å². The van der Waals surface area contributed by atoms with Gasteiger partial charge in [0.25, 0.3) is 0 Å². The van der Waals surface area contributed by atoms with Crippen molar-refractivity contribution in [2.45, 2.75) is 43.6 Å². The van der Waals surface area contributed by atoms with Crippen molar-refractivity contribution >= 4 is 27.6 Å². The van der Waals surface area contributed by atoms with Crippen LogP contribution in [0.25, 0.3) is 0 Å². The fourth-order valence-corrected chi connectivity index (χ4v) is 3.62. The van der Waals surface area contributed by atoms with E-state index in [1.54, 1.807) is 0 Å². The lowest BCUT2D eigenvalue weighted by Gasteiger charge is -2.26. The summed E-state index contributed by atoms with van der Waals surface area (Å²) in [6.07, 6.45) is 3.73. The number of carbonyl (C=O) groups is 1. The number of carbonyl (C=O) groups excluding carboxylic acids is 1. The van der Waals surface area contributed by atoms with Crippen LogP contribution in [0, 0.1) is 5.92 Å². The molecule has 2 N–H and O–H groups in total. The van der Waals surface area contributed by atoms with Crippen molar-refractivity contribution in [3.63, 3.8) is 0 Å². The molecule has 21 heavy (non-hydrogen) atoms. The predicted octanol–water partition coefficient (Wildman–Crippen LogP) is 2.72. The highest BCUT2D eigenvalue weighted by Crippen LogP contribution is 2.27. The molecular weight excluding hydrogens is 314 g/mol. The molecule has 0 aromatic heterocycles. The molecule has 0 spiro atoms. The Hall–Kier alpha value is -1.11. The smallest absolute Gasteiger partial charge is 0.338 e. The van der Waals surface area contributed by atoms with E-state index in [1.807, 2.05) is 0 Å². The Morgan fingerprint density at radius 2 is 2.10 bits per heavy atom. The number of hydrogen-bond donors (Lipinski definition) is 1. The SMILES string of the molecule is CC1CCCC(OC(=O)c2ccc(Cl)c(S(N)(=O)=O)c2)C1. The van der Waals surface area contributed by atoms with Gasteiger partial charge in [-0.15, -0.1) is 0 Å². The van der Waals surface area contributed by atoms with Crippen LogP contribution in [-0.2, 0) is 14.8 Å². The number of nitrogens with two attached hydrogens (primary N) is 1. The molecule has 2 rings (SSSR count). The zero-order chi connectivity index (χ0) is 15.6. The van der Waals surface area contributed by atoms with E-state index in [4.69, 9.17) is 21.5 Å². The molecule has 2 atom stereocenters. The monoisotopic (exact) mass is 331 g/mol. The first kappa shape index (κ1) is 16.3. The van der Waals surface area contributed by atoms with Crippen LogP contribution in [0.4, 0.5) is 0 Å². The number of halogens is 1. The second-order valence-corrected chi connectivity index (χ2v) is 7.43. The maximum atomic E-state index is 12.1. The van der Waals surface area contributed by atoms with Crippen LogP contribution in [0.5, 0.6) is 0 Å². The first-order chi connectivity index (χ1) is 9.77. The van der Waals surface area contributed by atoms with Gasteiger partial charge in [-0.05, 0) is 43.4 Å². The topological polar surface area (TPSA) is 86.5 Å². The number of sulfonamides is 1. The van der Waals surface area contributed by atoms with Gasteiger partial charge < -0.3 is 4.74 Å². The van der Waals surface area contributed by atoms with Gasteiger partial charge in [-0.1, -0.05) is 24.9 Å². The van der Waals surface area contributed by atoms with Crippen LogP contribution in [0.1, 0.15) is 43.0 Å². The Bertz CT molecular complexity index is 644. The Kier molecular flexibility index (Phi) is 4.91. The Morgan fingerprint density at radius 1 is 1.38 bits per heavy atom. The van der Waals surface area contributed by atoms with Crippen LogP contribution >= 0.6 is 11.6 Å². The minimum absolute atomic E-state index is 0.0136. The van der Waals surface area contributed by atoms with Gasteiger partial charge in [-0.2, -0.15) is 0 Å². The molecule has 0 amide bonds. The summed E-state index contributed by atoms with van der Waals surface area (Å²) in [4.78, 5) is 11.8. The molecule has 0 aliphatic heterocycles. The third-order valence-electron chi connectivity index (χ3n) is 3.64. The number of rotatable bonds is 3. The molecular formula is C14H18ClNO4S. The summed E-state index contributed by atoms with van der Waals surface area (Å²) < 4.78 is 28.2. The molecule has 1 aliphatic carbocycles. The summed E-state index contributed by atoms with van der Waals surface area (Å²) in [6, 6.07) is 3.93. The lowest BCUT2D eigenvalue weighted by atomic mass is 9.89. The van der Waals surface area contributed by atoms with Crippen LogP contribution in [0.3, 0.4) is 0 Å². The normalized spacial score (nSPS) is 22.8. The fourth-order valence-electron chi connectivity index (χ4n) is 2.55. The van der Waals surface area contributed by atoms with Crippen LogP contribution < -0.4 is 5.14 Å². The van der Waals surface area contributed by atoms with Crippen molar-refractivity contribution < 1.29 is 17.9 Å². The van der Waals surface area contributed by atoms with Crippen LogP contribution in [-0.4, -0.2) is 20.5 Å². The highest BCUT2D eigenvalue weighted by Gasteiger charge is 2.24. The summed E-state index contributed by atoms with van der Waals surface area (Å²) in [5, 5.41) is 5.05. The first-order valence-electron chi connectivity index (χ1n) is 6.80. The molecule has 1 aliphatic rings. The van der Waals surface area contributed by atoms with E-state index in [9.17, 15) is 13.2 Å². The van der Waals surface area contributed by atoms with Crippen molar-refractivity contribution in [1.82, 2.24) is 0 Å². The maximum Gasteiger partial charge on any atom is 0.338 e. The summed E-state index contributed by atoms with van der Waals surface area (Å²) in [5.41, 5.74) is 0.140. The van der Waals surface area contributed by atoms with Crippen molar-refractivity contribution in [2.75, 3.05) is 0 Å². The molecule has 2 unspecified atom stereocenters. The quantitative estimate of drug-likeness (QED) is 0.863. The minimum atomic E-state index is -3.97. The summed E-state index contributed by atoms with van der Waals surface area (Å²) >= 11 is 5.79. The molecule has 1 aromatic rings. The third kappa shape index (κ3) is 4.18. The Balaban J connectivity index is 2.16. The highest BCUT2D eigenvalue weighted by atomic mass is 35.5. The molecule has 0 heterocycles. The van der Waals surface area contributed by atoms with E-state index in [0.717, 1.165) is 31.7 Å². The number of esters is 1. The lowest BCUT2D eigenvalue weighted by molar-refractivity contribution is 0.0155. The van der Waals surface area contributed by atoms with Crippen molar-refractivity contribution in [3.8, 4) is 0 Å². The van der Waals surface area contributed by atoms with Gasteiger partial charge in [0.1, 0.15) is 11.0 Å². The average molecular weight is 332 g/mol. The largest absolute Gasteiger partial charge is 0.459 e. The zero-order valence-corrected chi connectivity index (χ0v) is 13.3. The predicted molar refractivity (Wildman–Crippen MR) is 79.7 cm³/mol. The fraction of sp³-hybridized carbons (Fsp3) is 0.500. The van der Waals surface area contributed by atoms with Crippen molar-refractivity contribution in [1.29, 1.82) is 0 Å². The number of ether oxygens (including phenoxy) is 1. The van der Waals surface area contributed by atoms with E-state index in [0.29, 0.717) is 5.92 Å². The number of primary sulfonamides is 1. The summed E-state index contributed by atoms with van der Waals surface area (Å²) in [7, 11) is -3.97. The lowest BCUT2D eigenvalue weighted by Crippen LogP contribution is -2.24. The van der Waals surface area contributed by atoms with Crippen molar-refractivity contribution in [2.24, 2.45) is 11.1 Å². The zero-order valence-electron chi connectivity index (χ0n) is 11.7. The van der Waals surface area contributed by atoms with Crippen LogP contribution in [0.15, 0.2) is 23.1 Å². The highest BCUT2D eigenvalue weighted by molar-refractivity contribution is 7.89. The van der Waals surface area contributed by atoms with Gasteiger partial charge >= 0.3 is 5.97 Å². The number of hydrogen-bond acceptors (Lipinski definition) is 4. The third-order valence-corrected chi connectivity index (χ3v) is 5.03. The number of benzene rings is 1. The van der Waals surface area contributed by atoms with E-state index >= 15 is 0 Å². The molecule has 1 fully saturated rings. The molecule has 116 valence electrons. The molecule has 1 saturated carbocycles. The van der Waals surface area contributed by atoms with Gasteiger partial charge in [0, 0.05) is 0 Å². The Morgan fingerprint density at radius 3 is 2.71 bits per heavy atom. The van der Waals surface area contributed by atoms with E-state index in [1.165, 1.54) is 12.1 Å². The van der Waals surface area contributed by atoms with Gasteiger partial charge in [-0.25, -0.2) is 18.4 Å². The average Bonchev–Trinajstić information content (AvgIpc) is 2.37. The molecule has 0 bridgehead atoms. The van der Waals surface area contributed by atoms with Crippen molar-refractivity contribution in [3.05, 3.63) is 28.8 Å². The van der Waals surface area contributed by atoms with Gasteiger partial charge in [-0.3, -0.25) is 0 Å². The van der Waals surface area contributed by atoms with Gasteiger partial charge in [0.05, 0.1) is 10.6 Å². The van der Waals surface area contributed by atoms with E-state index in [2.05, 4.69) is 6.92 Å². The van der Waals surface area contributed by atoms with E-state index < -0.39 is 16.0 Å². The minimum Gasteiger partial charge on any atom is -0.459 e. The molecule has 7 heteroatoms. The molecule has 0 radical (unpaired) electrons.